The fraction of sp³-hybridized carbons (Fsp3) is 0.238. The highest BCUT2D eigenvalue weighted by atomic mass is 32.1. The second kappa shape index (κ2) is 9.17. The van der Waals surface area contributed by atoms with Gasteiger partial charge in [0.05, 0.1) is 27.4 Å². The molecule has 0 aliphatic carbocycles. The zero-order valence-electron chi connectivity index (χ0n) is 17.0. The van der Waals surface area contributed by atoms with E-state index in [1.165, 1.54) is 27.4 Å². The number of anilines is 1. The molecule has 3 N–H and O–H groups in total. The molecular formula is C21H21F2N3O4S. The monoisotopic (exact) mass is 449 g/mol. The van der Waals surface area contributed by atoms with E-state index in [0.717, 1.165) is 12.1 Å². The van der Waals surface area contributed by atoms with E-state index < -0.39 is 29.5 Å². The number of carbonyl (C=O) groups excluding carboxylic acids is 1. The Balaban J connectivity index is 2.00. The minimum Gasteiger partial charge on any atom is -0.493 e. The molecule has 2 aromatic rings. The predicted molar refractivity (Wildman–Crippen MR) is 115 cm³/mol. The Kier molecular flexibility index (Phi) is 6.59. The Labute approximate surface area is 183 Å². The second-order valence-corrected chi connectivity index (χ2v) is 7.06. The van der Waals surface area contributed by atoms with E-state index in [4.69, 9.17) is 26.4 Å². The lowest BCUT2D eigenvalue weighted by molar-refractivity contribution is -0.119. The summed E-state index contributed by atoms with van der Waals surface area (Å²) >= 11 is 5.24. The van der Waals surface area contributed by atoms with E-state index in [9.17, 15) is 13.6 Å². The number of rotatable bonds is 6. The van der Waals surface area contributed by atoms with Crippen LogP contribution in [0.15, 0.2) is 42.6 Å². The highest BCUT2D eigenvalue weighted by molar-refractivity contribution is 7.80. The first-order valence-corrected chi connectivity index (χ1v) is 9.52. The molecule has 1 aliphatic heterocycles. The normalized spacial score (nSPS) is 18.0. The van der Waals surface area contributed by atoms with Crippen molar-refractivity contribution < 1.29 is 27.8 Å². The van der Waals surface area contributed by atoms with Crippen molar-refractivity contribution >= 4 is 28.9 Å². The summed E-state index contributed by atoms with van der Waals surface area (Å²) in [5.74, 6) is -2.25. The van der Waals surface area contributed by atoms with Crippen molar-refractivity contribution in [3.05, 3.63) is 59.8 Å². The van der Waals surface area contributed by atoms with Crippen molar-refractivity contribution in [2.75, 3.05) is 26.6 Å². The van der Waals surface area contributed by atoms with Crippen LogP contribution in [0.1, 0.15) is 11.6 Å². The van der Waals surface area contributed by atoms with Crippen molar-refractivity contribution in [3.63, 3.8) is 0 Å². The number of halogens is 2. The third-order valence-corrected chi connectivity index (χ3v) is 5.01. The quantitative estimate of drug-likeness (QED) is 0.584. The number of amides is 1. The average molecular weight is 449 g/mol. The van der Waals surface area contributed by atoms with Gasteiger partial charge in [0.1, 0.15) is 5.92 Å². The highest BCUT2D eigenvalue weighted by Crippen LogP contribution is 2.42. The average Bonchev–Trinajstić information content (AvgIpc) is 2.74. The van der Waals surface area contributed by atoms with Gasteiger partial charge in [-0.15, -0.1) is 0 Å². The van der Waals surface area contributed by atoms with Crippen molar-refractivity contribution in [3.8, 4) is 17.2 Å². The molecule has 1 saturated heterocycles. The minimum absolute atomic E-state index is 0.105. The topological polar surface area (TPSA) is 80.8 Å². The lowest BCUT2D eigenvalue weighted by atomic mass is 9.88. The predicted octanol–water partition coefficient (Wildman–Crippen LogP) is 3.28. The highest BCUT2D eigenvalue weighted by Gasteiger charge is 2.37. The van der Waals surface area contributed by atoms with Crippen molar-refractivity contribution in [1.29, 1.82) is 0 Å². The molecule has 10 heteroatoms. The van der Waals surface area contributed by atoms with Gasteiger partial charge in [-0.3, -0.25) is 4.79 Å². The van der Waals surface area contributed by atoms with Gasteiger partial charge < -0.3 is 30.2 Å². The molecule has 2 aromatic carbocycles. The fourth-order valence-electron chi connectivity index (χ4n) is 3.35. The number of hydrogen-bond acceptors (Lipinski definition) is 5. The molecular weight excluding hydrogens is 428 g/mol. The summed E-state index contributed by atoms with van der Waals surface area (Å²) in [7, 11) is 4.44. The SMILES string of the molecule is C=C1NC(=S)N[C@H](c2cc(OC)c(OC)c(OC)c2)[C@H]1C(=O)Nc1ccc(F)c(F)c1. The molecule has 0 bridgehead atoms. The zero-order chi connectivity index (χ0) is 22.7. The van der Waals surface area contributed by atoms with Crippen molar-refractivity contribution in [1.82, 2.24) is 10.6 Å². The van der Waals surface area contributed by atoms with E-state index in [2.05, 4.69) is 22.5 Å². The van der Waals surface area contributed by atoms with Crippen LogP contribution in [0.4, 0.5) is 14.5 Å². The van der Waals surface area contributed by atoms with Crippen LogP contribution in [0.5, 0.6) is 17.2 Å². The molecule has 0 aromatic heterocycles. The van der Waals surface area contributed by atoms with Gasteiger partial charge in [0.2, 0.25) is 11.7 Å². The maximum absolute atomic E-state index is 13.6. The van der Waals surface area contributed by atoms with E-state index in [1.807, 2.05) is 0 Å². The third-order valence-electron chi connectivity index (χ3n) is 4.79. The molecule has 7 nitrogen and oxygen atoms in total. The van der Waals surface area contributed by atoms with E-state index in [0.29, 0.717) is 28.5 Å². The summed E-state index contributed by atoms with van der Waals surface area (Å²) in [5.41, 5.74) is 1.06. The fourth-order valence-corrected chi connectivity index (χ4v) is 3.60. The first-order valence-electron chi connectivity index (χ1n) is 9.11. The lowest BCUT2D eigenvalue weighted by Crippen LogP contribution is -2.51. The molecule has 0 saturated carbocycles. The largest absolute Gasteiger partial charge is 0.493 e. The Hall–Kier alpha value is -3.40. The maximum atomic E-state index is 13.6. The van der Waals surface area contributed by atoms with Gasteiger partial charge in [0.25, 0.3) is 0 Å². The third kappa shape index (κ3) is 4.53. The minimum atomic E-state index is -1.07. The molecule has 164 valence electrons. The van der Waals surface area contributed by atoms with Gasteiger partial charge in [-0.1, -0.05) is 6.58 Å². The van der Waals surface area contributed by atoms with Gasteiger partial charge >= 0.3 is 0 Å². The molecule has 3 rings (SSSR count). The van der Waals surface area contributed by atoms with Crippen LogP contribution in [-0.2, 0) is 4.79 Å². The molecule has 0 radical (unpaired) electrons. The van der Waals surface area contributed by atoms with Crippen LogP contribution in [0.25, 0.3) is 0 Å². The van der Waals surface area contributed by atoms with Crippen LogP contribution in [-0.4, -0.2) is 32.3 Å². The Morgan fingerprint density at radius 3 is 2.26 bits per heavy atom. The summed E-state index contributed by atoms with van der Waals surface area (Å²) in [5, 5.41) is 8.76. The maximum Gasteiger partial charge on any atom is 0.235 e. The molecule has 2 atom stereocenters. The van der Waals surface area contributed by atoms with Gasteiger partial charge in [0.15, 0.2) is 28.2 Å². The van der Waals surface area contributed by atoms with Crippen molar-refractivity contribution in [2.45, 2.75) is 6.04 Å². The van der Waals surface area contributed by atoms with Crippen LogP contribution >= 0.6 is 12.2 Å². The van der Waals surface area contributed by atoms with Crippen LogP contribution in [0.3, 0.4) is 0 Å². The number of benzene rings is 2. The first-order chi connectivity index (χ1) is 14.8. The number of carbonyl (C=O) groups is 1. The number of nitrogens with one attached hydrogen (secondary N) is 3. The summed E-state index contributed by atoms with van der Waals surface area (Å²) in [6, 6.07) is 5.83. The van der Waals surface area contributed by atoms with E-state index >= 15 is 0 Å². The second-order valence-electron chi connectivity index (χ2n) is 6.66. The molecule has 1 aliphatic rings. The van der Waals surface area contributed by atoms with Gasteiger partial charge in [0, 0.05) is 17.5 Å². The summed E-state index contributed by atoms with van der Waals surface area (Å²) in [4.78, 5) is 13.1. The van der Waals surface area contributed by atoms with Crippen LogP contribution in [0, 0.1) is 17.6 Å². The molecule has 1 heterocycles. The Morgan fingerprint density at radius 2 is 1.71 bits per heavy atom. The van der Waals surface area contributed by atoms with Crippen molar-refractivity contribution in [2.24, 2.45) is 5.92 Å². The molecule has 31 heavy (non-hydrogen) atoms. The van der Waals surface area contributed by atoms with Gasteiger partial charge in [-0.25, -0.2) is 8.78 Å². The Morgan fingerprint density at radius 1 is 1.06 bits per heavy atom. The molecule has 1 amide bonds. The summed E-state index contributed by atoms with van der Waals surface area (Å²) in [6.45, 7) is 3.91. The number of hydrogen-bond donors (Lipinski definition) is 3. The van der Waals surface area contributed by atoms with Gasteiger partial charge in [-0.05, 0) is 42.0 Å². The zero-order valence-corrected chi connectivity index (χ0v) is 17.9. The van der Waals surface area contributed by atoms with E-state index in [1.54, 1.807) is 12.1 Å². The molecule has 1 fully saturated rings. The van der Waals surface area contributed by atoms with E-state index in [-0.39, 0.29) is 10.8 Å². The van der Waals surface area contributed by atoms with Crippen LogP contribution in [0.2, 0.25) is 0 Å². The first kappa shape index (κ1) is 22.3. The summed E-state index contributed by atoms with van der Waals surface area (Å²) in [6.07, 6.45) is 0. The standard InChI is InChI=1S/C21H21F2N3O4S/c1-10-17(20(27)25-12-5-6-13(22)14(23)9-12)18(26-21(31)24-10)11-7-15(28-2)19(30-4)16(8-11)29-3/h5-9,17-18H,1H2,2-4H3,(H,25,27)(H2,24,26,31)/t17-,18+/m0/s1. The van der Waals surface area contributed by atoms with Gasteiger partial charge in [-0.2, -0.15) is 0 Å². The molecule has 0 spiro atoms. The number of ether oxygens (including phenoxy) is 3. The van der Waals surface area contributed by atoms with Crippen LogP contribution < -0.4 is 30.2 Å². The summed E-state index contributed by atoms with van der Waals surface area (Å²) < 4.78 is 42.9. The molecule has 0 unspecified atom stereocenters. The lowest BCUT2D eigenvalue weighted by Gasteiger charge is -2.35. The number of methoxy groups -OCH3 is 3. The Bertz CT molecular complexity index is 1020. The number of thiocarbonyl (C=S) groups is 1. The smallest absolute Gasteiger partial charge is 0.235 e.